The fourth-order valence-electron chi connectivity index (χ4n) is 3.73. The molecule has 2 atom stereocenters. The fraction of sp³-hybridized carbons (Fsp3) is 0.640. The van der Waals surface area contributed by atoms with Crippen LogP contribution in [0.2, 0.25) is 0 Å². The number of aliphatic hydroxyl groups is 1. The summed E-state index contributed by atoms with van der Waals surface area (Å²) in [6, 6.07) is 0. The van der Waals surface area contributed by atoms with E-state index in [2.05, 4.69) is 0 Å². The van der Waals surface area contributed by atoms with E-state index in [1.165, 1.54) is 0 Å². The van der Waals surface area contributed by atoms with E-state index in [0.29, 0.717) is 25.7 Å². The molecule has 0 radical (unpaired) electrons. The summed E-state index contributed by atoms with van der Waals surface area (Å²) in [6.07, 6.45) is 14.5. The Labute approximate surface area is 197 Å². The smallest absolute Gasteiger partial charge is 0.309 e. The summed E-state index contributed by atoms with van der Waals surface area (Å²) in [6.45, 7) is 7.67. The Morgan fingerprint density at radius 2 is 1.12 bits per heavy atom. The third-order valence-corrected chi connectivity index (χ3v) is 9.48. The molecule has 0 aromatic rings. The van der Waals surface area contributed by atoms with Crippen LogP contribution >= 0.6 is 0 Å². The van der Waals surface area contributed by atoms with Crippen LogP contribution in [0.1, 0.15) is 85.5 Å². The molecule has 5 nitrogen and oxygen atoms in total. The number of rotatable bonds is 14. The van der Waals surface area contributed by atoms with Gasteiger partial charge in [0.05, 0.1) is 27.0 Å². The Morgan fingerprint density at radius 3 is 1.50 bits per heavy atom. The van der Waals surface area contributed by atoms with E-state index in [9.17, 15) is 23.4 Å². The van der Waals surface area contributed by atoms with Crippen molar-refractivity contribution in [2.75, 3.05) is 6.61 Å². The van der Waals surface area contributed by atoms with Crippen LogP contribution in [0.15, 0.2) is 43.9 Å². The lowest BCUT2D eigenvalue weighted by atomic mass is 9.87. The zero-order valence-electron chi connectivity index (χ0n) is 19.8. The van der Waals surface area contributed by atoms with E-state index in [-0.39, 0.29) is 12.0 Å². The van der Waals surface area contributed by atoms with Gasteiger partial charge in [0.1, 0.15) is 0 Å². The molecule has 2 aliphatic rings. The Kier molecular flexibility index (Phi) is 9.85. The molecule has 0 aliphatic carbocycles. The zero-order valence-corrected chi connectivity index (χ0v) is 21.4. The second-order valence-electron chi connectivity index (χ2n) is 10.1. The zero-order chi connectivity index (χ0) is 23.9. The minimum absolute atomic E-state index is 0.0963. The van der Waals surface area contributed by atoms with Crippen molar-refractivity contribution in [1.82, 2.24) is 0 Å². The highest BCUT2D eigenvalue weighted by atomic mass is 32.2. The van der Waals surface area contributed by atoms with Crippen LogP contribution in [0.25, 0.3) is 0 Å². The molecule has 0 aromatic carbocycles. The maximum Gasteiger partial charge on any atom is 0.309 e. The van der Waals surface area contributed by atoms with Crippen LogP contribution in [-0.4, -0.2) is 31.2 Å². The quantitative estimate of drug-likeness (QED) is 0.332. The molecule has 2 aliphatic heterocycles. The third kappa shape index (κ3) is 7.63. The lowest BCUT2D eigenvalue weighted by Gasteiger charge is -2.21. The number of hydrogen-bond acceptors (Lipinski definition) is 4. The van der Waals surface area contributed by atoms with Crippen molar-refractivity contribution in [3.05, 3.63) is 43.9 Å². The number of hydrogen-bond donors (Lipinski definition) is 2. The molecule has 0 bridgehead atoms. The fourth-order valence-corrected chi connectivity index (χ4v) is 6.49. The van der Waals surface area contributed by atoms with Gasteiger partial charge in [-0.05, 0) is 101 Å². The van der Waals surface area contributed by atoms with Gasteiger partial charge in [0.2, 0.25) is 0 Å². The third-order valence-electron chi connectivity index (χ3n) is 6.22. The van der Waals surface area contributed by atoms with Gasteiger partial charge in [-0.25, -0.2) is 8.42 Å². The minimum atomic E-state index is -1.12. The molecule has 2 N–H and O–H groups in total. The summed E-state index contributed by atoms with van der Waals surface area (Å²) in [5, 5.41) is 18.6. The average molecular weight is 483 g/mol. The number of carboxylic acids is 1. The molecular formula is C25H38O5S2. The Morgan fingerprint density at radius 1 is 0.750 bits per heavy atom. The molecule has 32 heavy (non-hydrogen) atoms. The first kappa shape index (κ1) is 26.9. The average Bonchev–Trinajstić information content (AvgIpc) is 3.25. The van der Waals surface area contributed by atoms with Crippen molar-refractivity contribution in [3.8, 4) is 0 Å². The van der Waals surface area contributed by atoms with E-state index < -0.39 is 33.0 Å². The van der Waals surface area contributed by atoms with Gasteiger partial charge in [-0.15, -0.1) is 0 Å². The second kappa shape index (κ2) is 11.7. The van der Waals surface area contributed by atoms with Gasteiger partial charge < -0.3 is 10.2 Å². The molecule has 0 fully saturated rings. The number of carbonyl (C=O) groups is 1. The Bertz CT molecular complexity index is 875. The Hall–Kier alpha value is -1.31. The van der Waals surface area contributed by atoms with Crippen molar-refractivity contribution in [2.45, 2.75) is 85.5 Å². The molecule has 0 spiro atoms. The summed E-state index contributed by atoms with van der Waals surface area (Å²) >= 11 is 0. The Balaban J connectivity index is 1.68. The van der Waals surface area contributed by atoms with Gasteiger partial charge in [-0.2, -0.15) is 0 Å². The first-order valence-electron chi connectivity index (χ1n) is 11.4. The molecule has 0 saturated carbocycles. The SMILES string of the molecule is CC(C)(CO)CCCC1=CC=C(CCCC2=CC=C(CCCC(C)(C)C(=O)O)S2=O)S1=O. The molecule has 0 saturated heterocycles. The monoisotopic (exact) mass is 482 g/mol. The number of aliphatic hydroxyl groups excluding tert-OH is 1. The molecule has 180 valence electrons. The maximum atomic E-state index is 12.7. The molecule has 7 heteroatoms. The summed E-state index contributed by atoms with van der Waals surface area (Å²) < 4.78 is 25.4. The van der Waals surface area contributed by atoms with Crippen LogP contribution in [0.4, 0.5) is 0 Å². The lowest BCUT2D eigenvalue weighted by molar-refractivity contribution is -0.147. The number of allylic oxidation sites excluding steroid dienone is 8. The lowest BCUT2D eigenvalue weighted by Crippen LogP contribution is -2.23. The highest BCUT2D eigenvalue weighted by Crippen LogP contribution is 2.33. The van der Waals surface area contributed by atoms with Crippen molar-refractivity contribution in [2.24, 2.45) is 10.8 Å². The van der Waals surface area contributed by atoms with Crippen LogP contribution in [0, 0.1) is 10.8 Å². The van der Waals surface area contributed by atoms with E-state index in [1.807, 2.05) is 38.2 Å². The van der Waals surface area contributed by atoms with Crippen molar-refractivity contribution in [3.63, 3.8) is 0 Å². The topological polar surface area (TPSA) is 91.7 Å². The first-order chi connectivity index (χ1) is 15.0. The van der Waals surface area contributed by atoms with Crippen LogP contribution < -0.4 is 0 Å². The van der Waals surface area contributed by atoms with Gasteiger partial charge in [-0.1, -0.05) is 13.8 Å². The summed E-state index contributed by atoms with van der Waals surface area (Å²) in [4.78, 5) is 14.9. The molecular weight excluding hydrogens is 444 g/mol. The van der Waals surface area contributed by atoms with Gasteiger partial charge in [-0.3, -0.25) is 4.79 Å². The summed E-state index contributed by atoms with van der Waals surface area (Å²) in [5.41, 5.74) is -0.857. The van der Waals surface area contributed by atoms with Gasteiger partial charge >= 0.3 is 5.97 Å². The summed E-state index contributed by atoms with van der Waals surface area (Å²) in [5.74, 6) is -0.803. The molecule has 0 amide bonds. The number of carboxylic acid groups (broad SMARTS) is 1. The summed E-state index contributed by atoms with van der Waals surface area (Å²) in [7, 11) is -2.18. The van der Waals surface area contributed by atoms with E-state index in [4.69, 9.17) is 0 Å². The van der Waals surface area contributed by atoms with E-state index in [1.54, 1.807) is 13.8 Å². The largest absolute Gasteiger partial charge is 0.481 e. The standard InChI is InChI=1S/C25H38O5S2/c1-24(2,18-26)16-6-10-21-14-12-19(31(21)29)8-5-9-20-13-15-22(32(20)30)11-7-17-25(3,4)23(27)28/h12-15,26H,5-11,16-18H2,1-4H3,(H,27,28). The van der Waals surface area contributed by atoms with E-state index >= 15 is 0 Å². The first-order valence-corrected chi connectivity index (χ1v) is 13.7. The van der Waals surface area contributed by atoms with Crippen LogP contribution in [0.5, 0.6) is 0 Å². The predicted molar refractivity (Wildman–Crippen MR) is 132 cm³/mol. The molecule has 0 aromatic heterocycles. The van der Waals surface area contributed by atoms with Crippen LogP contribution in [0.3, 0.4) is 0 Å². The van der Waals surface area contributed by atoms with Crippen molar-refractivity contribution < 1.29 is 23.4 Å². The second-order valence-corrected chi connectivity index (χ2v) is 13.3. The minimum Gasteiger partial charge on any atom is -0.481 e. The number of aliphatic carboxylic acids is 1. The van der Waals surface area contributed by atoms with Gasteiger partial charge in [0, 0.05) is 26.2 Å². The van der Waals surface area contributed by atoms with Crippen molar-refractivity contribution in [1.29, 1.82) is 0 Å². The molecule has 2 rings (SSSR count). The van der Waals surface area contributed by atoms with Gasteiger partial charge in [0.15, 0.2) is 0 Å². The highest BCUT2D eigenvalue weighted by molar-refractivity contribution is 7.93. The van der Waals surface area contributed by atoms with E-state index in [0.717, 1.165) is 51.7 Å². The highest BCUT2D eigenvalue weighted by Gasteiger charge is 2.27. The predicted octanol–water partition coefficient (Wildman–Crippen LogP) is 5.69. The molecule has 2 unspecified atom stereocenters. The van der Waals surface area contributed by atoms with Crippen LogP contribution in [-0.2, 0) is 26.4 Å². The normalized spacial score (nSPS) is 21.3. The van der Waals surface area contributed by atoms with Gasteiger partial charge in [0.25, 0.3) is 0 Å². The van der Waals surface area contributed by atoms with Crippen molar-refractivity contribution >= 4 is 27.6 Å². The molecule has 2 heterocycles. The maximum absolute atomic E-state index is 12.7.